The van der Waals surface area contributed by atoms with Crippen LogP contribution >= 0.6 is 0 Å². The lowest BCUT2D eigenvalue weighted by Crippen LogP contribution is -2.48. The van der Waals surface area contributed by atoms with Gasteiger partial charge in [-0.25, -0.2) is 0 Å². The third-order valence-corrected chi connectivity index (χ3v) is 9.55. The molecule has 4 aliphatic carbocycles. The van der Waals surface area contributed by atoms with E-state index >= 15 is 0 Å². The standard InChI is InChI=1S/C30H32O3/c1-29-15-13-21-22(25(29)14-16-30(29,33)26-9-5-6-10-27(26)31)12-11-20-17-28(32)24(18-23(20)21)19-7-3-2-4-8-19/h2-10,17,22,24-25,31,33H,11-16,18H2,1H3/t22-,24?,25+,29+,30-/m1/s1. The van der Waals surface area contributed by atoms with Crippen LogP contribution in [0.15, 0.2) is 77.4 Å². The molecule has 3 nitrogen and oxygen atoms in total. The van der Waals surface area contributed by atoms with E-state index in [2.05, 4.69) is 19.1 Å². The maximum atomic E-state index is 13.0. The minimum absolute atomic E-state index is 0.0775. The lowest BCUT2D eigenvalue weighted by atomic mass is 9.54. The molecule has 6 rings (SSSR count). The monoisotopic (exact) mass is 440 g/mol. The molecule has 4 aliphatic rings. The second-order valence-electron chi connectivity index (χ2n) is 10.8. The first-order chi connectivity index (χ1) is 15.9. The minimum Gasteiger partial charge on any atom is -0.508 e. The highest BCUT2D eigenvalue weighted by atomic mass is 16.3. The molecule has 33 heavy (non-hydrogen) atoms. The molecule has 0 saturated heterocycles. The van der Waals surface area contributed by atoms with Crippen LogP contribution in [0.4, 0.5) is 0 Å². The Morgan fingerprint density at radius 2 is 1.70 bits per heavy atom. The largest absolute Gasteiger partial charge is 0.508 e. The molecule has 2 aromatic rings. The van der Waals surface area contributed by atoms with Crippen LogP contribution in [-0.2, 0) is 10.4 Å². The van der Waals surface area contributed by atoms with Gasteiger partial charge in [0.2, 0.25) is 0 Å². The normalized spacial score (nSPS) is 35.5. The number of fused-ring (bicyclic) bond motifs is 4. The highest BCUT2D eigenvalue weighted by molar-refractivity contribution is 5.98. The summed E-state index contributed by atoms with van der Waals surface area (Å²) in [6.07, 6.45) is 8.31. The molecule has 0 aliphatic heterocycles. The van der Waals surface area contributed by atoms with Gasteiger partial charge >= 0.3 is 0 Å². The Hall–Kier alpha value is -2.65. The average Bonchev–Trinajstić information content (AvgIpc) is 3.10. The molecule has 5 atom stereocenters. The van der Waals surface area contributed by atoms with Crippen molar-refractivity contribution >= 4 is 5.78 Å². The maximum Gasteiger partial charge on any atom is 0.163 e. The number of phenols is 1. The zero-order chi connectivity index (χ0) is 22.8. The number of benzene rings is 2. The van der Waals surface area contributed by atoms with Crippen molar-refractivity contribution in [2.45, 2.75) is 63.4 Å². The van der Waals surface area contributed by atoms with E-state index in [-0.39, 0.29) is 22.9 Å². The van der Waals surface area contributed by atoms with Crippen LogP contribution in [0.5, 0.6) is 5.75 Å². The van der Waals surface area contributed by atoms with E-state index in [0.717, 1.165) is 44.1 Å². The summed E-state index contributed by atoms with van der Waals surface area (Å²) >= 11 is 0. The highest BCUT2D eigenvalue weighted by Crippen LogP contribution is 2.67. The van der Waals surface area contributed by atoms with Crippen LogP contribution in [-0.4, -0.2) is 16.0 Å². The van der Waals surface area contributed by atoms with Gasteiger partial charge in [0.15, 0.2) is 5.78 Å². The van der Waals surface area contributed by atoms with E-state index < -0.39 is 5.60 Å². The highest BCUT2D eigenvalue weighted by Gasteiger charge is 2.62. The first-order valence-electron chi connectivity index (χ1n) is 12.4. The minimum atomic E-state index is -0.996. The molecule has 1 unspecified atom stereocenters. The van der Waals surface area contributed by atoms with Crippen LogP contribution in [0.2, 0.25) is 0 Å². The number of ketones is 1. The van der Waals surface area contributed by atoms with Gasteiger partial charge in [-0.3, -0.25) is 4.79 Å². The Morgan fingerprint density at radius 3 is 2.48 bits per heavy atom. The molecule has 0 heterocycles. The van der Waals surface area contributed by atoms with Gasteiger partial charge in [-0.15, -0.1) is 0 Å². The topological polar surface area (TPSA) is 57.5 Å². The SMILES string of the molecule is C[C@]12CCC3=C4CC(c5ccccc5)C(=O)C=C4CC[C@H]3[C@@H]1CC[C@@]2(O)c1ccccc1O. The predicted octanol–water partition coefficient (Wildman–Crippen LogP) is 6.18. The molecular formula is C30H32O3. The number of para-hydroxylation sites is 1. The van der Waals surface area contributed by atoms with Crippen molar-refractivity contribution in [3.8, 4) is 5.75 Å². The number of hydrogen-bond acceptors (Lipinski definition) is 3. The number of allylic oxidation sites excluding steroid dienone is 4. The number of phenolic OH excluding ortho intramolecular Hbond substituents is 1. The summed E-state index contributed by atoms with van der Waals surface area (Å²) in [5, 5.41) is 22.6. The molecule has 0 amide bonds. The first kappa shape index (κ1) is 20.9. The number of aliphatic hydroxyl groups is 1. The van der Waals surface area contributed by atoms with Gasteiger partial charge in [0, 0.05) is 11.0 Å². The summed E-state index contributed by atoms with van der Waals surface area (Å²) in [4.78, 5) is 13.0. The molecule has 2 saturated carbocycles. The molecule has 2 fully saturated rings. The second kappa shape index (κ2) is 7.43. The fourth-order valence-corrected chi connectivity index (χ4v) is 7.79. The molecule has 0 spiro atoms. The van der Waals surface area contributed by atoms with Crippen molar-refractivity contribution in [3.63, 3.8) is 0 Å². The predicted molar refractivity (Wildman–Crippen MR) is 129 cm³/mol. The summed E-state index contributed by atoms with van der Waals surface area (Å²) in [7, 11) is 0. The smallest absolute Gasteiger partial charge is 0.163 e. The molecular weight excluding hydrogens is 408 g/mol. The van der Waals surface area contributed by atoms with Gasteiger partial charge in [-0.05, 0) is 85.6 Å². The van der Waals surface area contributed by atoms with Crippen LogP contribution in [0.1, 0.15) is 68.9 Å². The number of aromatic hydroxyl groups is 1. The van der Waals surface area contributed by atoms with Crippen molar-refractivity contribution in [2.24, 2.45) is 17.3 Å². The van der Waals surface area contributed by atoms with Crippen molar-refractivity contribution < 1.29 is 15.0 Å². The summed E-state index contributed by atoms with van der Waals surface area (Å²) in [6, 6.07) is 17.5. The summed E-state index contributed by atoms with van der Waals surface area (Å²) in [6.45, 7) is 2.25. The van der Waals surface area contributed by atoms with E-state index in [0.29, 0.717) is 23.8 Å². The summed E-state index contributed by atoms with van der Waals surface area (Å²) in [5.41, 5.74) is 4.79. The van der Waals surface area contributed by atoms with Gasteiger partial charge in [-0.1, -0.05) is 61.0 Å². The number of carbonyl (C=O) groups excluding carboxylic acids is 1. The Kier molecular flexibility index (Phi) is 4.71. The van der Waals surface area contributed by atoms with Gasteiger partial charge in [0.05, 0.1) is 11.5 Å². The Balaban J connectivity index is 1.38. The number of rotatable bonds is 2. The molecule has 170 valence electrons. The Bertz CT molecular complexity index is 1180. The Morgan fingerprint density at radius 1 is 0.939 bits per heavy atom. The lowest BCUT2D eigenvalue weighted by molar-refractivity contribution is -0.116. The summed E-state index contributed by atoms with van der Waals surface area (Å²) in [5.74, 6) is 1.23. The van der Waals surface area contributed by atoms with Crippen molar-refractivity contribution in [3.05, 3.63) is 88.5 Å². The molecule has 0 radical (unpaired) electrons. The van der Waals surface area contributed by atoms with Crippen LogP contribution in [0, 0.1) is 17.3 Å². The fraction of sp³-hybridized carbons (Fsp3) is 0.433. The van der Waals surface area contributed by atoms with Gasteiger partial charge in [0.1, 0.15) is 5.75 Å². The molecule has 2 N–H and O–H groups in total. The van der Waals surface area contributed by atoms with Crippen LogP contribution in [0.3, 0.4) is 0 Å². The van der Waals surface area contributed by atoms with E-state index in [1.807, 2.05) is 42.5 Å². The van der Waals surface area contributed by atoms with Crippen molar-refractivity contribution in [2.75, 3.05) is 0 Å². The number of hydrogen-bond donors (Lipinski definition) is 2. The van der Waals surface area contributed by atoms with Crippen LogP contribution < -0.4 is 0 Å². The van der Waals surface area contributed by atoms with Gasteiger partial charge < -0.3 is 10.2 Å². The van der Waals surface area contributed by atoms with Crippen LogP contribution in [0.25, 0.3) is 0 Å². The van der Waals surface area contributed by atoms with Gasteiger partial charge in [0.25, 0.3) is 0 Å². The third-order valence-electron chi connectivity index (χ3n) is 9.55. The molecule has 3 heteroatoms. The lowest BCUT2D eigenvalue weighted by Gasteiger charge is -2.52. The van der Waals surface area contributed by atoms with Gasteiger partial charge in [-0.2, -0.15) is 0 Å². The van der Waals surface area contributed by atoms with E-state index in [1.54, 1.807) is 11.6 Å². The van der Waals surface area contributed by atoms with E-state index in [1.165, 1.54) is 11.1 Å². The molecule has 0 bridgehead atoms. The third kappa shape index (κ3) is 2.94. The molecule has 2 aromatic carbocycles. The zero-order valence-corrected chi connectivity index (χ0v) is 19.3. The second-order valence-corrected chi connectivity index (χ2v) is 10.8. The molecule has 0 aromatic heterocycles. The fourth-order valence-electron chi connectivity index (χ4n) is 7.79. The van der Waals surface area contributed by atoms with Crippen molar-refractivity contribution in [1.82, 2.24) is 0 Å². The van der Waals surface area contributed by atoms with E-state index in [9.17, 15) is 15.0 Å². The number of carbonyl (C=O) groups is 1. The average molecular weight is 441 g/mol. The maximum absolute atomic E-state index is 13.0. The Labute approximate surface area is 195 Å². The van der Waals surface area contributed by atoms with E-state index in [4.69, 9.17) is 0 Å². The first-order valence-corrected chi connectivity index (χ1v) is 12.4. The quantitative estimate of drug-likeness (QED) is 0.586. The van der Waals surface area contributed by atoms with Crippen molar-refractivity contribution in [1.29, 1.82) is 0 Å². The zero-order valence-electron chi connectivity index (χ0n) is 19.3. The summed E-state index contributed by atoms with van der Waals surface area (Å²) < 4.78 is 0.